The highest BCUT2D eigenvalue weighted by atomic mass is 17.2. The molecule has 6 N–H and O–H groups in total. The number of unbranched alkanes of at least 4 members (excludes halogenated alkanes) is 15. The highest BCUT2D eigenvalue weighted by Gasteiger charge is 2.24. The van der Waals surface area contributed by atoms with Crippen molar-refractivity contribution in [2.45, 2.75) is 167 Å². The maximum Gasteiger partial charge on any atom is 0.407 e. The Labute approximate surface area is 387 Å². The van der Waals surface area contributed by atoms with Crippen LogP contribution in [0.15, 0.2) is 30.5 Å². The van der Waals surface area contributed by atoms with E-state index in [1.807, 2.05) is 0 Å². The van der Waals surface area contributed by atoms with Crippen LogP contribution >= 0.6 is 0 Å². The largest absolute Gasteiger partial charge is 0.467 e. The molecule has 2 rings (SSSR count). The summed E-state index contributed by atoms with van der Waals surface area (Å²) in [5, 5.41) is 11.2. The number of methoxy groups -OCH3 is 1. The van der Waals surface area contributed by atoms with Crippen molar-refractivity contribution in [3.05, 3.63) is 47.4 Å². The molecule has 17 nitrogen and oxygen atoms in total. The first-order valence-corrected chi connectivity index (χ1v) is 23.8. The number of nitrogen functional groups attached to an aromatic ring is 1. The molecule has 0 aliphatic carbocycles. The summed E-state index contributed by atoms with van der Waals surface area (Å²) in [4.78, 5) is 80.0. The number of amides is 3. The van der Waals surface area contributed by atoms with Crippen LogP contribution in [0.25, 0.3) is 0 Å². The molecule has 17 heteroatoms. The number of carbonyl (C=O) groups excluding carboxylic acids is 5. The second kappa shape index (κ2) is 35.4. The van der Waals surface area contributed by atoms with Crippen molar-refractivity contribution in [2.75, 3.05) is 57.7 Å². The van der Waals surface area contributed by atoms with Crippen LogP contribution in [0.5, 0.6) is 0 Å². The number of ether oxygens (including phenoxy) is 3. The summed E-state index contributed by atoms with van der Waals surface area (Å²) in [6.07, 6.45) is 23.9. The highest BCUT2D eigenvalue weighted by molar-refractivity contribution is 5.97. The molecule has 0 aliphatic heterocycles. The van der Waals surface area contributed by atoms with Gasteiger partial charge in [0.2, 0.25) is 5.91 Å². The van der Waals surface area contributed by atoms with Crippen LogP contribution in [0, 0.1) is 0 Å². The normalized spacial score (nSPS) is 11.7. The van der Waals surface area contributed by atoms with E-state index in [0.717, 1.165) is 13.0 Å². The predicted octanol–water partition coefficient (Wildman–Crippen LogP) is 8.16. The minimum absolute atomic E-state index is 0.0150. The van der Waals surface area contributed by atoms with Crippen molar-refractivity contribution in [3.63, 3.8) is 0 Å². The lowest BCUT2D eigenvalue weighted by molar-refractivity contribution is -0.352. The molecule has 0 fully saturated rings. The Balaban J connectivity index is 1.46. The Morgan fingerprint density at radius 3 is 2.02 bits per heavy atom. The number of anilines is 2. The first-order valence-electron chi connectivity index (χ1n) is 23.8. The minimum Gasteiger partial charge on any atom is -0.467 e. The average Bonchev–Trinajstić information content (AvgIpc) is 3.30. The number of esters is 1. The SMILES string of the molecule is CCCCCCCCCCCCCCCCCCOCCCOC(=O)NCCOOC(C)(C)CCNC(=O)CC[C@H](NC(=O)c1ccc(NCc2cnc(N)c(C=O)n2)cc1)C(=O)OC. The molecule has 0 radical (unpaired) electrons. The minimum atomic E-state index is -1.05. The third-order valence-electron chi connectivity index (χ3n) is 10.7. The van der Waals surface area contributed by atoms with Crippen molar-refractivity contribution < 1.29 is 48.0 Å². The lowest BCUT2D eigenvalue weighted by atomic mass is 10.0. The van der Waals surface area contributed by atoms with Crippen molar-refractivity contribution in [3.8, 4) is 0 Å². The number of hydrogen-bond donors (Lipinski definition) is 5. The molecular weight excluding hydrogens is 835 g/mol. The van der Waals surface area contributed by atoms with E-state index < -0.39 is 29.6 Å². The first-order chi connectivity index (χ1) is 31.5. The van der Waals surface area contributed by atoms with Gasteiger partial charge in [0.1, 0.15) is 11.7 Å². The maximum absolute atomic E-state index is 13.0. The van der Waals surface area contributed by atoms with Crippen LogP contribution in [-0.4, -0.2) is 98.4 Å². The lowest BCUT2D eigenvalue weighted by Crippen LogP contribution is -2.42. The molecule has 1 aromatic carbocycles. The molecule has 1 atom stereocenters. The summed E-state index contributed by atoms with van der Waals surface area (Å²) < 4.78 is 15.7. The predicted molar refractivity (Wildman–Crippen MR) is 251 cm³/mol. The van der Waals surface area contributed by atoms with Crippen LogP contribution in [0.3, 0.4) is 0 Å². The van der Waals surface area contributed by atoms with Gasteiger partial charge < -0.3 is 41.2 Å². The summed E-state index contributed by atoms with van der Waals surface area (Å²) >= 11 is 0. The number of nitrogens with one attached hydrogen (secondary N) is 4. The number of alkyl carbamates (subject to hydrolysis) is 1. The molecule has 0 saturated carbocycles. The van der Waals surface area contributed by atoms with Crippen LogP contribution in [0.2, 0.25) is 0 Å². The van der Waals surface area contributed by atoms with Crippen LogP contribution < -0.4 is 27.0 Å². The molecule has 65 heavy (non-hydrogen) atoms. The number of aldehydes is 1. The summed E-state index contributed by atoms with van der Waals surface area (Å²) in [6, 6.07) is 5.44. The van der Waals surface area contributed by atoms with E-state index in [1.54, 1.807) is 38.1 Å². The maximum atomic E-state index is 13.0. The van der Waals surface area contributed by atoms with Gasteiger partial charge in [-0.25, -0.2) is 29.3 Å². The molecule has 2 aromatic rings. The monoisotopic (exact) mass is 914 g/mol. The van der Waals surface area contributed by atoms with Crippen LogP contribution in [0.1, 0.15) is 176 Å². The summed E-state index contributed by atoms with van der Waals surface area (Å²) in [7, 11) is 1.21. The van der Waals surface area contributed by atoms with Gasteiger partial charge in [0, 0.05) is 50.4 Å². The number of benzene rings is 1. The molecule has 1 heterocycles. The van der Waals surface area contributed by atoms with Crippen molar-refractivity contribution in [2.24, 2.45) is 0 Å². The van der Waals surface area contributed by atoms with Crippen molar-refractivity contribution in [1.29, 1.82) is 0 Å². The van der Waals surface area contributed by atoms with E-state index in [9.17, 15) is 24.0 Å². The van der Waals surface area contributed by atoms with E-state index in [1.165, 1.54) is 110 Å². The Hall–Kier alpha value is -4.87. The van der Waals surface area contributed by atoms with Gasteiger partial charge >= 0.3 is 12.1 Å². The van der Waals surface area contributed by atoms with Gasteiger partial charge in [0.15, 0.2) is 12.1 Å². The Morgan fingerprint density at radius 1 is 0.785 bits per heavy atom. The topological polar surface area (TPSA) is 231 Å². The number of carbonyl (C=O) groups is 5. The smallest absolute Gasteiger partial charge is 0.407 e. The zero-order valence-electron chi connectivity index (χ0n) is 39.7. The molecule has 0 saturated heterocycles. The average molecular weight is 914 g/mol. The van der Waals surface area contributed by atoms with E-state index in [4.69, 9.17) is 29.7 Å². The van der Waals surface area contributed by atoms with E-state index in [0.29, 0.717) is 37.1 Å². The molecule has 0 unspecified atom stereocenters. The fourth-order valence-electron chi connectivity index (χ4n) is 6.72. The Kier molecular flexibility index (Phi) is 30.6. The zero-order valence-corrected chi connectivity index (χ0v) is 39.7. The molecule has 366 valence electrons. The Morgan fingerprint density at radius 2 is 1.40 bits per heavy atom. The molecule has 3 amide bonds. The highest BCUT2D eigenvalue weighted by Crippen LogP contribution is 2.16. The number of rotatable bonds is 39. The number of hydrogen-bond acceptors (Lipinski definition) is 14. The molecule has 0 bridgehead atoms. The fraction of sp³-hybridized carbons (Fsp3) is 0.688. The molecule has 1 aromatic heterocycles. The van der Waals surface area contributed by atoms with E-state index in [2.05, 4.69) is 38.2 Å². The standard InChI is InChI=1S/C48H79N7O10/c1-5-6-7-8-9-10-11-12-13-14-15-16-17-18-19-20-31-62-32-21-33-63-47(60)51-30-34-64-65-48(2,3)28-29-50-43(57)27-26-41(46(59)61-4)55-45(58)38-22-24-39(25-23-38)52-35-40-36-53-44(49)42(37-56)54-40/h22-25,36-37,41,52H,5-21,26-35H2,1-4H3,(H2,49,53)(H,50,57)(H,51,60)(H,55,58)/t41-/m0/s1. The van der Waals surface area contributed by atoms with Gasteiger partial charge in [-0.15, -0.1) is 0 Å². The van der Waals surface area contributed by atoms with Gasteiger partial charge in [-0.2, -0.15) is 0 Å². The summed E-state index contributed by atoms with van der Waals surface area (Å²) in [6.45, 7) is 8.24. The van der Waals surface area contributed by atoms with Gasteiger partial charge in [0.05, 0.1) is 44.4 Å². The van der Waals surface area contributed by atoms with Gasteiger partial charge in [-0.3, -0.25) is 14.4 Å². The number of nitrogens with two attached hydrogens (primary N) is 1. The second-order valence-electron chi connectivity index (χ2n) is 16.9. The van der Waals surface area contributed by atoms with Gasteiger partial charge in [-0.05, 0) is 57.4 Å². The molecule has 0 aliphatic rings. The Bertz CT molecular complexity index is 1630. The third-order valence-corrected chi connectivity index (χ3v) is 10.7. The lowest BCUT2D eigenvalue weighted by Gasteiger charge is -2.23. The number of nitrogens with zero attached hydrogens (tertiary/aromatic N) is 2. The summed E-state index contributed by atoms with van der Waals surface area (Å²) in [5.74, 6) is -1.48. The van der Waals surface area contributed by atoms with Crippen molar-refractivity contribution >= 4 is 41.7 Å². The van der Waals surface area contributed by atoms with E-state index >= 15 is 0 Å². The zero-order chi connectivity index (χ0) is 47.4. The molecular formula is C48H79N7O10. The fourth-order valence-corrected chi connectivity index (χ4v) is 6.72. The second-order valence-corrected chi connectivity index (χ2v) is 16.9. The van der Waals surface area contributed by atoms with E-state index in [-0.39, 0.29) is 68.7 Å². The summed E-state index contributed by atoms with van der Waals surface area (Å²) in [5.41, 5.74) is 6.38. The van der Waals surface area contributed by atoms with Gasteiger partial charge in [-0.1, -0.05) is 103 Å². The van der Waals surface area contributed by atoms with Gasteiger partial charge in [0.25, 0.3) is 5.91 Å². The van der Waals surface area contributed by atoms with Crippen LogP contribution in [-0.2, 0) is 40.1 Å². The van der Waals surface area contributed by atoms with Crippen molar-refractivity contribution in [1.82, 2.24) is 25.9 Å². The molecule has 0 spiro atoms. The third kappa shape index (κ3) is 27.9. The van der Waals surface area contributed by atoms with Crippen LogP contribution in [0.4, 0.5) is 16.3 Å². The number of aromatic nitrogens is 2. The first kappa shape index (κ1) is 56.3. The quantitative estimate of drug-likeness (QED) is 0.0140.